The number of anilines is 1. The highest BCUT2D eigenvalue weighted by Gasteiger charge is 2.00. The van der Waals surface area contributed by atoms with Crippen molar-refractivity contribution in [2.24, 2.45) is 0 Å². The van der Waals surface area contributed by atoms with Crippen molar-refractivity contribution in [1.82, 2.24) is 4.57 Å². The average molecular weight is 213 g/mol. The van der Waals surface area contributed by atoms with Gasteiger partial charge in [0.15, 0.2) is 0 Å². The number of aryl methyl sites for hydroxylation is 1. The zero-order chi connectivity index (χ0) is 11.4. The lowest BCUT2D eigenvalue weighted by atomic mass is 10.2. The summed E-state index contributed by atoms with van der Waals surface area (Å²) in [6.07, 6.45) is 4.71. The lowest BCUT2D eigenvalue weighted by molar-refractivity contribution is 0.632. The number of benzene rings is 1. The van der Waals surface area contributed by atoms with Crippen LogP contribution in [0.1, 0.15) is 19.3 Å². The molecule has 0 bridgehead atoms. The molecule has 0 atom stereocenters. The van der Waals surface area contributed by atoms with Gasteiger partial charge < -0.3 is 10.3 Å². The van der Waals surface area contributed by atoms with E-state index in [1.807, 2.05) is 18.2 Å². The molecule has 2 N–H and O–H groups in total. The fraction of sp³-hybridized carbons (Fsp3) is 0.308. The van der Waals surface area contributed by atoms with Crippen LogP contribution < -0.4 is 5.73 Å². The minimum Gasteiger partial charge on any atom is -0.399 e. The van der Waals surface area contributed by atoms with E-state index < -0.39 is 0 Å². The van der Waals surface area contributed by atoms with Crippen LogP contribution in [0.2, 0.25) is 0 Å². The van der Waals surface area contributed by atoms with Crippen molar-refractivity contribution in [2.45, 2.75) is 25.8 Å². The van der Waals surface area contributed by atoms with Gasteiger partial charge in [-0.2, -0.15) is 5.26 Å². The molecule has 0 aliphatic heterocycles. The van der Waals surface area contributed by atoms with Gasteiger partial charge in [0.05, 0.1) is 11.6 Å². The highest BCUT2D eigenvalue weighted by molar-refractivity contribution is 5.83. The SMILES string of the molecule is N#CCCCCn1ccc2ccc(N)cc21. The number of nitrogens with two attached hydrogens (primary N) is 1. The molecule has 3 nitrogen and oxygen atoms in total. The number of fused-ring (bicyclic) bond motifs is 1. The van der Waals surface area contributed by atoms with E-state index in [1.54, 1.807) is 0 Å². The molecule has 0 aliphatic rings. The maximum atomic E-state index is 8.46. The van der Waals surface area contributed by atoms with E-state index in [0.717, 1.165) is 25.1 Å². The molecule has 0 saturated heterocycles. The summed E-state index contributed by atoms with van der Waals surface area (Å²) in [5.74, 6) is 0. The van der Waals surface area contributed by atoms with Crippen LogP contribution in [-0.4, -0.2) is 4.57 Å². The highest BCUT2D eigenvalue weighted by Crippen LogP contribution is 2.19. The Balaban J connectivity index is 2.12. The van der Waals surface area contributed by atoms with Crippen LogP contribution in [0.25, 0.3) is 10.9 Å². The highest BCUT2D eigenvalue weighted by atomic mass is 14.9. The third kappa shape index (κ3) is 2.17. The number of nitrogens with zero attached hydrogens (tertiary/aromatic N) is 2. The van der Waals surface area contributed by atoms with Crippen LogP contribution in [0, 0.1) is 11.3 Å². The van der Waals surface area contributed by atoms with E-state index in [1.165, 1.54) is 10.9 Å². The van der Waals surface area contributed by atoms with Crippen molar-refractivity contribution in [3.63, 3.8) is 0 Å². The van der Waals surface area contributed by atoms with Gasteiger partial charge in [-0.1, -0.05) is 6.07 Å². The summed E-state index contributed by atoms with van der Waals surface area (Å²) in [5.41, 5.74) is 7.75. The van der Waals surface area contributed by atoms with E-state index in [9.17, 15) is 0 Å². The smallest absolute Gasteiger partial charge is 0.0621 e. The van der Waals surface area contributed by atoms with Gasteiger partial charge in [-0.05, 0) is 36.4 Å². The summed E-state index contributed by atoms with van der Waals surface area (Å²) < 4.78 is 2.20. The number of hydrogen-bond donors (Lipinski definition) is 1. The number of unbranched alkanes of at least 4 members (excludes halogenated alkanes) is 2. The molecule has 1 aromatic heterocycles. The van der Waals surface area contributed by atoms with Gasteiger partial charge in [-0.25, -0.2) is 0 Å². The second kappa shape index (κ2) is 4.71. The van der Waals surface area contributed by atoms with Crippen LogP contribution in [0.3, 0.4) is 0 Å². The zero-order valence-corrected chi connectivity index (χ0v) is 9.19. The standard InChI is InChI=1S/C13H15N3/c14-7-2-1-3-8-16-9-6-11-4-5-12(15)10-13(11)16/h4-6,9-10H,1-3,8,15H2. The van der Waals surface area contributed by atoms with Gasteiger partial charge in [-0.3, -0.25) is 0 Å². The maximum absolute atomic E-state index is 8.46. The van der Waals surface area contributed by atoms with E-state index >= 15 is 0 Å². The molecule has 1 heterocycles. The zero-order valence-electron chi connectivity index (χ0n) is 9.19. The van der Waals surface area contributed by atoms with E-state index in [4.69, 9.17) is 11.0 Å². The fourth-order valence-corrected chi connectivity index (χ4v) is 1.88. The van der Waals surface area contributed by atoms with Crippen LogP contribution in [0.5, 0.6) is 0 Å². The Morgan fingerprint density at radius 3 is 2.94 bits per heavy atom. The molecule has 0 fully saturated rings. The quantitative estimate of drug-likeness (QED) is 0.627. The molecule has 3 heteroatoms. The molecule has 0 amide bonds. The lowest BCUT2D eigenvalue weighted by Gasteiger charge is -2.04. The second-order valence-corrected chi connectivity index (χ2v) is 3.94. The van der Waals surface area contributed by atoms with E-state index in [0.29, 0.717) is 6.42 Å². The summed E-state index contributed by atoms with van der Waals surface area (Å²) >= 11 is 0. The molecular formula is C13H15N3. The van der Waals surface area contributed by atoms with Crippen molar-refractivity contribution in [1.29, 1.82) is 5.26 Å². The minimum absolute atomic E-state index is 0.640. The Hall–Kier alpha value is -1.95. The van der Waals surface area contributed by atoms with Crippen molar-refractivity contribution < 1.29 is 0 Å². The van der Waals surface area contributed by atoms with Crippen LogP contribution >= 0.6 is 0 Å². The molecule has 82 valence electrons. The van der Waals surface area contributed by atoms with Gasteiger partial charge in [0.2, 0.25) is 0 Å². The first-order valence-corrected chi connectivity index (χ1v) is 5.52. The molecule has 16 heavy (non-hydrogen) atoms. The minimum atomic E-state index is 0.640. The largest absolute Gasteiger partial charge is 0.399 e. The summed E-state index contributed by atoms with van der Waals surface area (Å²) in [4.78, 5) is 0. The Kier molecular flexibility index (Phi) is 3.11. The van der Waals surface area contributed by atoms with Gasteiger partial charge >= 0.3 is 0 Å². The van der Waals surface area contributed by atoms with Gasteiger partial charge in [0.25, 0.3) is 0 Å². The topological polar surface area (TPSA) is 54.7 Å². The summed E-state index contributed by atoms with van der Waals surface area (Å²) in [6.45, 7) is 0.953. The summed E-state index contributed by atoms with van der Waals surface area (Å²) in [7, 11) is 0. The predicted molar refractivity (Wildman–Crippen MR) is 65.8 cm³/mol. The summed E-state index contributed by atoms with van der Waals surface area (Å²) in [6, 6.07) is 10.2. The predicted octanol–water partition coefficient (Wildman–Crippen LogP) is 2.92. The van der Waals surface area contributed by atoms with Crippen LogP contribution in [-0.2, 0) is 6.54 Å². The molecule has 0 aliphatic carbocycles. The van der Waals surface area contributed by atoms with Gasteiger partial charge in [-0.15, -0.1) is 0 Å². The van der Waals surface area contributed by atoms with Crippen molar-refractivity contribution in [3.05, 3.63) is 30.5 Å². The molecule has 2 aromatic rings. The Labute approximate surface area is 95.1 Å². The number of aromatic nitrogens is 1. The molecule has 1 aromatic carbocycles. The lowest BCUT2D eigenvalue weighted by Crippen LogP contribution is -1.96. The van der Waals surface area contributed by atoms with Crippen LogP contribution in [0.15, 0.2) is 30.5 Å². The number of rotatable bonds is 4. The first kappa shape index (κ1) is 10.6. The monoisotopic (exact) mass is 213 g/mol. The number of nitriles is 1. The molecule has 2 rings (SSSR count). The van der Waals surface area contributed by atoms with Crippen molar-refractivity contribution in [2.75, 3.05) is 5.73 Å². The average Bonchev–Trinajstić information content (AvgIpc) is 2.67. The second-order valence-electron chi connectivity index (χ2n) is 3.94. The third-order valence-corrected chi connectivity index (χ3v) is 2.74. The van der Waals surface area contributed by atoms with Crippen LogP contribution in [0.4, 0.5) is 5.69 Å². The Bertz CT molecular complexity index is 519. The van der Waals surface area contributed by atoms with Gasteiger partial charge in [0.1, 0.15) is 0 Å². The number of nitrogen functional groups attached to an aromatic ring is 1. The first-order chi connectivity index (χ1) is 7.81. The summed E-state index contributed by atoms with van der Waals surface area (Å²) in [5, 5.41) is 9.68. The van der Waals surface area contributed by atoms with Crippen molar-refractivity contribution in [3.8, 4) is 6.07 Å². The van der Waals surface area contributed by atoms with Gasteiger partial charge in [0, 0.05) is 24.8 Å². The molecule has 0 radical (unpaired) electrons. The maximum Gasteiger partial charge on any atom is 0.0621 e. The fourth-order valence-electron chi connectivity index (χ4n) is 1.88. The third-order valence-electron chi connectivity index (χ3n) is 2.74. The Morgan fingerprint density at radius 1 is 1.25 bits per heavy atom. The number of hydrogen-bond acceptors (Lipinski definition) is 2. The van der Waals surface area contributed by atoms with Crippen molar-refractivity contribution >= 4 is 16.6 Å². The first-order valence-electron chi connectivity index (χ1n) is 5.52. The Morgan fingerprint density at radius 2 is 2.12 bits per heavy atom. The normalized spacial score (nSPS) is 10.4. The molecule has 0 unspecified atom stereocenters. The van der Waals surface area contributed by atoms with E-state index in [2.05, 4.69) is 22.9 Å². The molecule has 0 saturated carbocycles. The van der Waals surface area contributed by atoms with E-state index in [-0.39, 0.29) is 0 Å². The molecule has 0 spiro atoms. The molecular weight excluding hydrogens is 198 g/mol.